The highest BCUT2D eigenvalue weighted by molar-refractivity contribution is 6.30. The van der Waals surface area contributed by atoms with E-state index in [1.54, 1.807) is 37.4 Å². The van der Waals surface area contributed by atoms with Crippen LogP contribution in [0.15, 0.2) is 71.5 Å². The molecule has 0 spiro atoms. The van der Waals surface area contributed by atoms with Gasteiger partial charge in [0.05, 0.1) is 12.1 Å². The molecule has 2 aromatic carbocycles. The number of hydrogen-bond donors (Lipinski definition) is 1. The molecule has 0 saturated carbocycles. The molecule has 2 aromatic heterocycles. The summed E-state index contributed by atoms with van der Waals surface area (Å²) in [4.78, 5) is 12.8. The first-order chi connectivity index (χ1) is 14.6. The maximum Gasteiger partial charge on any atom is 0.278 e. The number of rotatable bonds is 7. The van der Waals surface area contributed by atoms with Gasteiger partial charge in [0.1, 0.15) is 18.1 Å². The molecule has 4 rings (SSSR count). The Hall–Kier alpha value is -3.58. The third-order valence-electron chi connectivity index (χ3n) is 4.47. The number of aryl methyl sites for hydroxylation is 1. The highest BCUT2D eigenvalue weighted by Gasteiger charge is 2.20. The second kappa shape index (κ2) is 8.84. The summed E-state index contributed by atoms with van der Waals surface area (Å²) >= 11 is 5.99. The molecule has 1 N–H and O–H groups in total. The van der Waals surface area contributed by atoms with Crippen molar-refractivity contribution in [2.75, 3.05) is 5.32 Å². The van der Waals surface area contributed by atoms with Gasteiger partial charge in [-0.15, -0.1) is 0 Å². The fourth-order valence-corrected chi connectivity index (χ4v) is 3.15. The maximum absolute atomic E-state index is 12.8. The number of carbonyl (C=O) groups excluding carboxylic acids is 1. The summed E-state index contributed by atoms with van der Waals surface area (Å²) in [7, 11) is 0. The van der Waals surface area contributed by atoms with Crippen LogP contribution in [0.2, 0.25) is 5.02 Å². The molecule has 7 nitrogen and oxygen atoms in total. The van der Waals surface area contributed by atoms with Gasteiger partial charge in [-0.3, -0.25) is 9.48 Å². The Labute approximate surface area is 178 Å². The molecule has 0 unspecified atom stereocenters. The second-order valence-corrected chi connectivity index (χ2v) is 7.11. The second-order valence-electron chi connectivity index (χ2n) is 6.67. The van der Waals surface area contributed by atoms with Gasteiger partial charge in [-0.25, -0.2) is 0 Å². The van der Waals surface area contributed by atoms with Crippen LogP contribution in [0, 0.1) is 6.92 Å². The molecular weight excluding hydrogens is 404 g/mol. The van der Waals surface area contributed by atoms with E-state index in [9.17, 15) is 4.79 Å². The Morgan fingerprint density at radius 1 is 1.20 bits per heavy atom. The van der Waals surface area contributed by atoms with E-state index >= 15 is 0 Å². The zero-order valence-corrected chi connectivity index (χ0v) is 17.0. The molecule has 0 bridgehead atoms. The quantitative estimate of drug-likeness (QED) is 0.466. The first-order valence-corrected chi connectivity index (χ1v) is 9.67. The Morgan fingerprint density at radius 2 is 2.07 bits per heavy atom. The molecular formula is C22H19ClN4O3. The van der Waals surface area contributed by atoms with Crippen molar-refractivity contribution in [3.8, 4) is 5.75 Å². The van der Waals surface area contributed by atoms with E-state index in [1.165, 1.54) is 0 Å². The molecule has 8 heteroatoms. The number of nitrogens with one attached hydrogen (secondary N) is 1. The summed E-state index contributed by atoms with van der Waals surface area (Å²) < 4.78 is 12.8. The fraction of sp³-hybridized carbons (Fsp3) is 0.136. The lowest BCUT2D eigenvalue weighted by Crippen LogP contribution is -2.15. The third-order valence-corrected chi connectivity index (χ3v) is 4.70. The third kappa shape index (κ3) is 4.69. The summed E-state index contributed by atoms with van der Waals surface area (Å²) in [5, 5.41) is 11.6. The van der Waals surface area contributed by atoms with Crippen molar-refractivity contribution in [2.24, 2.45) is 0 Å². The van der Waals surface area contributed by atoms with E-state index in [0.29, 0.717) is 34.3 Å². The molecule has 30 heavy (non-hydrogen) atoms. The SMILES string of the molecule is Cc1onc(C(=O)Nc2cccc(Cn3cccn3)c2)c1COc1cccc(Cl)c1. The molecule has 0 radical (unpaired) electrons. The van der Waals surface area contributed by atoms with Crippen LogP contribution in [0.5, 0.6) is 5.75 Å². The number of anilines is 1. The zero-order valence-electron chi connectivity index (χ0n) is 16.2. The van der Waals surface area contributed by atoms with E-state index in [1.807, 2.05) is 41.2 Å². The smallest absolute Gasteiger partial charge is 0.278 e. The Balaban J connectivity index is 1.46. The minimum atomic E-state index is -0.368. The number of halogens is 1. The van der Waals surface area contributed by atoms with Gasteiger partial charge in [-0.05, 0) is 48.9 Å². The van der Waals surface area contributed by atoms with Crippen molar-refractivity contribution in [1.29, 1.82) is 0 Å². The average molecular weight is 423 g/mol. The van der Waals surface area contributed by atoms with Crippen molar-refractivity contribution >= 4 is 23.2 Å². The Kier molecular flexibility index (Phi) is 5.81. The van der Waals surface area contributed by atoms with Gasteiger partial charge in [0.25, 0.3) is 5.91 Å². The highest BCUT2D eigenvalue weighted by atomic mass is 35.5. The monoisotopic (exact) mass is 422 g/mol. The minimum absolute atomic E-state index is 0.137. The molecule has 0 saturated heterocycles. The van der Waals surface area contributed by atoms with E-state index in [4.69, 9.17) is 20.9 Å². The first kappa shape index (κ1) is 19.7. The van der Waals surface area contributed by atoms with Gasteiger partial charge >= 0.3 is 0 Å². The van der Waals surface area contributed by atoms with Crippen molar-refractivity contribution in [3.63, 3.8) is 0 Å². The van der Waals surface area contributed by atoms with Gasteiger partial charge in [0.15, 0.2) is 5.69 Å². The van der Waals surface area contributed by atoms with Crippen molar-refractivity contribution in [3.05, 3.63) is 94.6 Å². The van der Waals surface area contributed by atoms with Crippen LogP contribution in [0.25, 0.3) is 0 Å². The topological polar surface area (TPSA) is 82.2 Å². The normalized spacial score (nSPS) is 10.7. The maximum atomic E-state index is 12.8. The molecule has 0 atom stereocenters. The van der Waals surface area contributed by atoms with Gasteiger partial charge in [0, 0.05) is 23.1 Å². The van der Waals surface area contributed by atoms with Crippen molar-refractivity contribution < 1.29 is 14.1 Å². The van der Waals surface area contributed by atoms with Crippen LogP contribution in [-0.2, 0) is 13.2 Å². The summed E-state index contributed by atoms with van der Waals surface area (Å²) in [6, 6.07) is 16.5. The standard InChI is InChI=1S/C22H19ClN4O3/c1-15-20(14-29-19-8-3-6-17(23)12-19)21(26-30-15)22(28)25-18-7-2-5-16(11-18)13-27-10-4-9-24-27/h2-12H,13-14H2,1H3,(H,25,28). The Bertz CT molecular complexity index is 1150. The molecule has 4 aromatic rings. The van der Waals surface area contributed by atoms with Crippen molar-refractivity contribution in [1.82, 2.24) is 14.9 Å². The predicted molar refractivity (Wildman–Crippen MR) is 113 cm³/mol. The lowest BCUT2D eigenvalue weighted by Gasteiger charge is -2.09. The van der Waals surface area contributed by atoms with E-state index in [2.05, 4.69) is 15.6 Å². The number of benzene rings is 2. The Morgan fingerprint density at radius 3 is 2.87 bits per heavy atom. The van der Waals surface area contributed by atoms with Crippen LogP contribution in [0.4, 0.5) is 5.69 Å². The number of carbonyl (C=O) groups is 1. The number of hydrogen-bond acceptors (Lipinski definition) is 5. The molecule has 0 aliphatic carbocycles. The first-order valence-electron chi connectivity index (χ1n) is 9.30. The largest absolute Gasteiger partial charge is 0.489 e. The minimum Gasteiger partial charge on any atom is -0.489 e. The molecule has 0 aliphatic rings. The summed E-state index contributed by atoms with van der Waals surface area (Å²) in [6.45, 7) is 2.49. The van der Waals surface area contributed by atoms with Gasteiger partial charge in [-0.1, -0.05) is 35.0 Å². The lowest BCUT2D eigenvalue weighted by molar-refractivity contribution is 0.101. The lowest BCUT2D eigenvalue weighted by atomic mass is 10.1. The predicted octanol–water partition coefficient (Wildman–Crippen LogP) is 4.71. The average Bonchev–Trinajstić information content (AvgIpc) is 3.36. The molecule has 1 amide bonds. The van der Waals surface area contributed by atoms with Crippen LogP contribution in [-0.4, -0.2) is 20.8 Å². The summed E-state index contributed by atoms with van der Waals surface area (Å²) in [5.74, 6) is 0.753. The molecule has 0 fully saturated rings. The van der Waals surface area contributed by atoms with Gasteiger partial charge in [-0.2, -0.15) is 5.10 Å². The fourth-order valence-electron chi connectivity index (χ4n) is 2.97. The molecule has 0 aliphatic heterocycles. The highest BCUT2D eigenvalue weighted by Crippen LogP contribution is 2.22. The molecule has 152 valence electrons. The molecule has 2 heterocycles. The van der Waals surface area contributed by atoms with Crippen molar-refractivity contribution in [2.45, 2.75) is 20.1 Å². The van der Waals surface area contributed by atoms with Crippen LogP contribution in [0.3, 0.4) is 0 Å². The van der Waals surface area contributed by atoms with Gasteiger partial charge < -0.3 is 14.6 Å². The number of aromatic nitrogens is 3. The summed E-state index contributed by atoms with van der Waals surface area (Å²) in [6.07, 6.45) is 3.61. The van der Waals surface area contributed by atoms with E-state index in [-0.39, 0.29) is 18.2 Å². The van der Waals surface area contributed by atoms with Crippen LogP contribution in [0.1, 0.15) is 27.4 Å². The number of amides is 1. The summed E-state index contributed by atoms with van der Waals surface area (Å²) in [5.41, 5.74) is 2.44. The van der Waals surface area contributed by atoms with Gasteiger partial charge in [0.2, 0.25) is 0 Å². The van der Waals surface area contributed by atoms with E-state index in [0.717, 1.165) is 5.56 Å². The van der Waals surface area contributed by atoms with E-state index < -0.39 is 0 Å². The van der Waals surface area contributed by atoms with Crippen LogP contribution < -0.4 is 10.1 Å². The number of ether oxygens (including phenoxy) is 1. The number of nitrogens with zero attached hydrogens (tertiary/aromatic N) is 3. The zero-order chi connectivity index (χ0) is 20.9. The van der Waals surface area contributed by atoms with Crippen LogP contribution >= 0.6 is 11.6 Å².